The van der Waals surface area contributed by atoms with Crippen molar-refractivity contribution in [2.24, 2.45) is 5.92 Å². The van der Waals surface area contributed by atoms with Crippen molar-refractivity contribution in [2.75, 3.05) is 13.1 Å². The van der Waals surface area contributed by atoms with Crippen LogP contribution in [-0.2, 0) is 14.3 Å². The summed E-state index contributed by atoms with van der Waals surface area (Å²) >= 11 is 3.65. The predicted molar refractivity (Wildman–Crippen MR) is 94.3 cm³/mol. The molecule has 1 saturated carbocycles. The Morgan fingerprint density at radius 2 is 1.96 bits per heavy atom. The molecule has 24 heavy (non-hydrogen) atoms. The highest BCUT2D eigenvalue weighted by Crippen LogP contribution is 2.44. The lowest BCUT2D eigenvalue weighted by molar-refractivity contribution is -0.186. The highest BCUT2D eigenvalue weighted by atomic mass is 79.9. The summed E-state index contributed by atoms with van der Waals surface area (Å²) in [4.78, 5) is 27.0. The van der Waals surface area contributed by atoms with Crippen LogP contribution >= 0.6 is 15.9 Å². The zero-order chi connectivity index (χ0) is 17.5. The van der Waals surface area contributed by atoms with E-state index in [1.54, 1.807) is 4.90 Å². The van der Waals surface area contributed by atoms with Gasteiger partial charge in [-0.1, -0.05) is 15.9 Å². The van der Waals surface area contributed by atoms with Gasteiger partial charge in [0.1, 0.15) is 11.4 Å². The zero-order valence-corrected chi connectivity index (χ0v) is 16.4. The van der Waals surface area contributed by atoms with Gasteiger partial charge in [-0.15, -0.1) is 0 Å². The summed E-state index contributed by atoms with van der Waals surface area (Å²) < 4.78 is 11.9. The standard InChI is InChI=1S/C18H28BrNO4/c1-17(2,3)24-16(22)20-8-6-18(7-9-20)11-14(21)13-10-12(19)4-5-15(13)23-18/h12-13,15H,4-11H2,1-3H3/t12?,13?,15-/m0/s1. The first-order valence-corrected chi connectivity index (χ1v) is 9.92. The molecule has 3 atom stereocenters. The maximum atomic E-state index is 12.6. The summed E-state index contributed by atoms with van der Waals surface area (Å²) in [5.41, 5.74) is -0.846. The molecule has 3 aliphatic rings. The van der Waals surface area contributed by atoms with E-state index in [4.69, 9.17) is 9.47 Å². The fourth-order valence-electron chi connectivity index (χ4n) is 4.10. The Hall–Kier alpha value is -0.620. The number of carbonyl (C=O) groups excluding carboxylic acids is 2. The maximum absolute atomic E-state index is 12.6. The minimum absolute atomic E-state index is 0.0534. The Morgan fingerprint density at radius 1 is 1.29 bits per heavy atom. The lowest BCUT2D eigenvalue weighted by atomic mass is 9.74. The van der Waals surface area contributed by atoms with Crippen molar-refractivity contribution in [3.8, 4) is 0 Å². The van der Waals surface area contributed by atoms with Crippen molar-refractivity contribution in [1.82, 2.24) is 4.90 Å². The molecule has 0 N–H and O–H groups in total. The van der Waals surface area contributed by atoms with E-state index in [0.717, 1.165) is 32.1 Å². The number of amides is 1. The van der Waals surface area contributed by atoms with Gasteiger partial charge >= 0.3 is 6.09 Å². The van der Waals surface area contributed by atoms with Gasteiger partial charge in [-0.25, -0.2) is 4.79 Å². The van der Waals surface area contributed by atoms with E-state index in [2.05, 4.69) is 15.9 Å². The Balaban J connectivity index is 1.60. The predicted octanol–water partition coefficient (Wildman–Crippen LogP) is 3.68. The molecule has 136 valence electrons. The van der Waals surface area contributed by atoms with Crippen LogP contribution in [0.1, 0.15) is 59.3 Å². The van der Waals surface area contributed by atoms with Crippen LogP contribution < -0.4 is 0 Å². The molecule has 1 amide bonds. The van der Waals surface area contributed by atoms with Gasteiger partial charge in [0, 0.05) is 30.3 Å². The largest absolute Gasteiger partial charge is 0.444 e. The Morgan fingerprint density at radius 3 is 2.58 bits per heavy atom. The van der Waals surface area contributed by atoms with Gasteiger partial charge in [0.25, 0.3) is 0 Å². The van der Waals surface area contributed by atoms with Gasteiger partial charge in [0.15, 0.2) is 0 Å². The number of fused-ring (bicyclic) bond motifs is 1. The third-order valence-corrected chi connectivity index (χ3v) is 6.19. The highest BCUT2D eigenvalue weighted by Gasteiger charge is 2.49. The number of halogens is 1. The number of hydrogen-bond acceptors (Lipinski definition) is 4. The molecule has 0 aromatic rings. The maximum Gasteiger partial charge on any atom is 0.410 e. The molecule has 0 bridgehead atoms. The molecule has 3 fully saturated rings. The first kappa shape index (κ1) is 18.2. The van der Waals surface area contributed by atoms with Crippen LogP contribution in [0, 0.1) is 5.92 Å². The molecule has 2 aliphatic heterocycles. The van der Waals surface area contributed by atoms with Crippen molar-refractivity contribution in [3.63, 3.8) is 0 Å². The van der Waals surface area contributed by atoms with Crippen molar-refractivity contribution < 1.29 is 19.1 Å². The first-order valence-electron chi connectivity index (χ1n) is 9.00. The van der Waals surface area contributed by atoms with Crippen molar-refractivity contribution in [3.05, 3.63) is 0 Å². The fraction of sp³-hybridized carbons (Fsp3) is 0.889. The van der Waals surface area contributed by atoms with Crippen LogP contribution in [0.5, 0.6) is 0 Å². The normalized spacial score (nSPS) is 33.2. The van der Waals surface area contributed by atoms with E-state index in [1.165, 1.54) is 0 Å². The van der Waals surface area contributed by atoms with E-state index in [9.17, 15) is 9.59 Å². The number of rotatable bonds is 0. The summed E-state index contributed by atoms with van der Waals surface area (Å²) in [6.45, 7) is 6.82. The first-order chi connectivity index (χ1) is 11.2. The van der Waals surface area contributed by atoms with Gasteiger partial charge in [-0.05, 0) is 52.9 Å². The second-order valence-corrected chi connectivity index (χ2v) is 9.76. The van der Waals surface area contributed by atoms with Gasteiger partial charge < -0.3 is 14.4 Å². The minimum Gasteiger partial charge on any atom is -0.444 e. The van der Waals surface area contributed by atoms with Gasteiger partial charge in [-0.3, -0.25) is 4.79 Å². The monoisotopic (exact) mass is 401 g/mol. The van der Waals surface area contributed by atoms with Crippen LogP contribution in [0.3, 0.4) is 0 Å². The number of piperidine rings is 1. The van der Waals surface area contributed by atoms with Gasteiger partial charge in [0.2, 0.25) is 0 Å². The molecule has 6 heteroatoms. The van der Waals surface area contributed by atoms with Crippen LogP contribution in [0.2, 0.25) is 0 Å². The molecule has 3 rings (SSSR count). The van der Waals surface area contributed by atoms with Crippen LogP contribution in [0.15, 0.2) is 0 Å². The summed E-state index contributed by atoms with van der Waals surface area (Å²) in [5, 5.41) is 0. The molecule has 2 unspecified atom stereocenters. The number of hydrogen-bond donors (Lipinski definition) is 0. The average molecular weight is 402 g/mol. The lowest BCUT2D eigenvalue weighted by Crippen LogP contribution is -2.57. The Bertz CT molecular complexity index is 508. The molecular weight excluding hydrogens is 374 g/mol. The Kier molecular flexibility index (Phi) is 5.00. The van der Waals surface area contributed by atoms with E-state index >= 15 is 0 Å². The number of Topliss-reactive ketones (excluding diaryl/α,β-unsaturated/α-hetero) is 1. The highest BCUT2D eigenvalue weighted by molar-refractivity contribution is 9.09. The van der Waals surface area contributed by atoms with Crippen molar-refractivity contribution in [2.45, 2.75) is 81.4 Å². The smallest absolute Gasteiger partial charge is 0.410 e. The third-order valence-electron chi connectivity index (χ3n) is 5.36. The number of alkyl halides is 1. The average Bonchev–Trinajstić information content (AvgIpc) is 2.47. The van der Waals surface area contributed by atoms with E-state index in [0.29, 0.717) is 30.1 Å². The number of carbonyl (C=O) groups is 2. The minimum atomic E-state index is -0.481. The van der Waals surface area contributed by atoms with E-state index in [-0.39, 0.29) is 23.7 Å². The second-order valence-electron chi connectivity index (χ2n) is 8.47. The number of nitrogens with zero attached hydrogens (tertiary/aromatic N) is 1. The molecule has 0 aromatic heterocycles. The SMILES string of the molecule is CC(C)(C)OC(=O)N1CCC2(CC1)CC(=O)C1CC(Br)CC[C@@H]1O2. The number of ether oxygens (including phenoxy) is 2. The molecule has 0 aromatic carbocycles. The summed E-state index contributed by atoms with van der Waals surface area (Å²) in [6.07, 6.45) is 4.64. The van der Waals surface area contributed by atoms with Crippen LogP contribution in [0.4, 0.5) is 4.79 Å². The van der Waals surface area contributed by atoms with Crippen LogP contribution in [-0.4, -0.2) is 52.0 Å². The molecule has 1 aliphatic carbocycles. The molecular formula is C18H28BrNO4. The molecule has 5 nitrogen and oxygen atoms in total. The zero-order valence-electron chi connectivity index (χ0n) is 14.8. The molecule has 2 saturated heterocycles. The van der Waals surface area contributed by atoms with Crippen molar-refractivity contribution in [1.29, 1.82) is 0 Å². The van der Waals surface area contributed by atoms with Gasteiger partial charge in [-0.2, -0.15) is 0 Å². The quantitative estimate of drug-likeness (QED) is 0.580. The molecule has 2 heterocycles. The van der Waals surface area contributed by atoms with E-state index in [1.807, 2.05) is 20.8 Å². The second kappa shape index (κ2) is 6.60. The topological polar surface area (TPSA) is 55.8 Å². The summed E-state index contributed by atoms with van der Waals surface area (Å²) in [7, 11) is 0. The van der Waals surface area contributed by atoms with Crippen LogP contribution in [0.25, 0.3) is 0 Å². The lowest BCUT2D eigenvalue weighted by Gasteiger charge is -2.49. The van der Waals surface area contributed by atoms with E-state index < -0.39 is 5.60 Å². The Labute approximate surface area is 152 Å². The summed E-state index contributed by atoms with van der Waals surface area (Å²) in [6, 6.07) is 0. The summed E-state index contributed by atoms with van der Waals surface area (Å²) in [5.74, 6) is 0.402. The molecule has 1 spiro atoms. The third kappa shape index (κ3) is 3.96. The van der Waals surface area contributed by atoms with Crippen molar-refractivity contribution >= 4 is 27.8 Å². The van der Waals surface area contributed by atoms with Gasteiger partial charge in [0.05, 0.1) is 11.7 Å². The number of likely N-dealkylation sites (tertiary alicyclic amines) is 1. The number of ketones is 1. The fourth-order valence-corrected chi connectivity index (χ4v) is 4.77. The molecule has 0 radical (unpaired) electrons.